The summed E-state index contributed by atoms with van der Waals surface area (Å²) in [5, 5.41) is 19.6. The third-order valence-electron chi connectivity index (χ3n) is 2.83. The molecular weight excluding hydrogens is 256 g/mol. The lowest BCUT2D eigenvalue weighted by Gasteiger charge is -1.81. The van der Waals surface area contributed by atoms with Crippen LogP contribution < -0.4 is 0 Å². The van der Waals surface area contributed by atoms with Gasteiger partial charge in [0.15, 0.2) is 0 Å². The minimum absolute atomic E-state index is 0.0267. The van der Waals surface area contributed by atoms with Gasteiger partial charge < -0.3 is 19.0 Å². The molecule has 2 heterocycles. The molecule has 4 heteroatoms. The standard InChI is InChI=1S/2C8H6O2/c2*9-8-5-6-3-1-2-4-7(6)10-8/h2*1-5,9H. The first-order valence-corrected chi connectivity index (χ1v) is 6.07. The summed E-state index contributed by atoms with van der Waals surface area (Å²) in [4.78, 5) is 0. The Morgan fingerprint density at radius 3 is 1.40 bits per heavy atom. The van der Waals surface area contributed by atoms with Gasteiger partial charge in [0.2, 0.25) is 0 Å². The van der Waals surface area contributed by atoms with E-state index in [2.05, 4.69) is 0 Å². The minimum Gasteiger partial charge on any atom is -0.481 e. The quantitative estimate of drug-likeness (QED) is 0.499. The molecule has 20 heavy (non-hydrogen) atoms. The minimum atomic E-state index is -0.0267. The Balaban J connectivity index is 0.000000121. The zero-order valence-corrected chi connectivity index (χ0v) is 10.5. The van der Waals surface area contributed by atoms with Crippen molar-refractivity contribution in [2.75, 3.05) is 0 Å². The highest BCUT2D eigenvalue weighted by Crippen LogP contribution is 2.23. The Kier molecular flexibility index (Phi) is 3.05. The van der Waals surface area contributed by atoms with E-state index in [4.69, 9.17) is 19.0 Å². The maximum absolute atomic E-state index is 8.89. The second kappa shape index (κ2) is 5.01. The monoisotopic (exact) mass is 268 g/mol. The lowest BCUT2D eigenvalue weighted by molar-refractivity contribution is 0.345. The Morgan fingerprint density at radius 1 is 0.600 bits per heavy atom. The average Bonchev–Trinajstić information content (AvgIpc) is 2.99. The van der Waals surface area contributed by atoms with Gasteiger partial charge in [0, 0.05) is 22.9 Å². The molecule has 0 aliphatic rings. The predicted octanol–water partition coefficient (Wildman–Crippen LogP) is 4.28. The van der Waals surface area contributed by atoms with Crippen molar-refractivity contribution >= 4 is 21.9 Å². The predicted molar refractivity (Wildman–Crippen MR) is 75.8 cm³/mol. The van der Waals surface area contributed by atoms with E-state index in [1.165, 1.54) is 0 Å². The number of aromatic hydroxyl groups is 2. The highest BCUT2D eigenvalue weighted by atomic mass is 16.5. The largest absolute Gasteiger partial charge is 0.481 e. The molecule has 0 aliphatic heterocycles. The van der Waals surface area contributed by atoms with E-state index in [9.17, 15) is 0 Å². The van der Waals surface area contributed by atoms with Crippen LogP contribution in [0.25, 0.3) is 21.9 Å². The number of rotatable bonds is 0. The number of furan rings is 2. The van der Waals surface area contributed by atoms with Crippen molar-refractivity contribution in [1.82, 2.24) is 0 Å². The molecule has 2 aromatic carbocycles. The Labute approximate surface area is 114 Å². The lowest BCUT2D eigenvalue weighted by atomic mass is 10.3. The van der Waals surface area contributed by atoms with Crippen LogP contribution in [-0.4, -0.2) is 10.2 Å². The molecule has 0 saturated carbocycles. The van der Waals surface area contributed by atoms with Crippen LogP contribution >= 0.6 is 0 Å². The van der Waals surface area contributed by atoms with E-state index >= 15 is 0 Å². The van der Waals surface area contributed by atoms with Gasteiger partial charge in [0.05, 0.1) is 0 Å². The SMILES string of the molecule is Oc1cc2ccccc2o1.Oc1cc2ccccc2o1. The van der Waals surface area contributed by atoms with Crippen LogP contribution in [0.5, 0.6) is 11.9 Å². The maximum Gasteiger partial charge on any atom is 0.282 e. The third kappa shape index (κ3) is 2.44. The van der Waals surface area contributed by atoms with Gasteiger partial charge in [-0.15, -0.1) is 0 Å². The number of hydrogen-bond donors (Lipinski definition) is 2. The van der Waals surface area contributed by atoms with Crippen LogP contribution in [0, 0.1) is 0 Å². The molecule has 4 rings (SSSR count). The molecule has 0 bridgehead atoms. The summed E-state index contributed by atoms with van der Waals surface area (Å²) in [6.45, 7) is 0. The van der Waals surface area contributed by atoms with Crippen molar-refractivity contribution in [2.45, 2.75) is 0 Å². The molecule has 2 N–H and O–H groups in total. The fraction of sp³-hybridized carbons (Fsp3) is 0. The van der Waals surface area contributed by atoms with Gasteiger partial charge in [-0.2, -0.15) is 0 Å². The van der Waals surface area contributed by atoms with Crippen molar-refractivity contribution in [3.05, 3.63) is 60.7 Å². The van der Waals surface area contributed by atoms with Crippen LogP contribution in [-0.2, 0) is 0 Å². The highest BCUT2D eigenvalue weighted by molar-refractivity contribution is 5.78. The molecule has 4 nitrogen and oxygen atoms in total. The third-order valence-corrected chi connectivity index (χ3v) is 2.83. The zero-order chi connectivity index (χ0) is 13.9. The molecule has 0 radical (unpaired) electrons. The number of fused-ring (bicyclic) bond motifs is 2. The van der Waals surface area contributed by atoms with Crippen molar-refractivity contribution < 1.29 is 19.0 Å². The highest BCUT2D eigenvalue weighted by Gasteiger charge is 1.98. The summed E-state index contributed by atoms with van der Waals surface area (Å²) in [5.74, 6) is -0.0533. The molecule has 0 amide bonds. The van der Waals surface area contributed by atoms with Crippen molar-refractivity contribution in [2.24, 2.45) is 0 Å². The normalized spacial score (nSPS) is 10.4. The van der Waals surface area contributed by atoms with Crippen LogP contribution in [0.4, 0.5) is 0 Å². The fourth-order valence-corrected chi connectivity index (χ4v) is 1.94. The van der Waals surface area contributed by atoms with Gasteiger partial charge in [-0.3, -0.25) is 0 Å². The second-order valence-corrected chi connectivity index (χ2v) is 4.24. The molecule has 100 valence electrons. The van der Waals surface area contributed by atoms with Gasteiger partial charge in [-0.1, -0.05) is 36.4 Å². The van der Waals surface area contributed by atoms with E-state index in [0.717, 1.165) is 21.9 Å². The molecule has 0 fully saturated rings. The van der Waals surface area contributed by atoms with Gasteiger partial charge >= 0.3 is 0 Å². The molecular formula is C16H12O4. The molecule has 0 unspecified atom stereocenters. The van der Waals surface area contributed by atoms with E-state index in [-0.39, 0.29) is 11.9 Å². The van der Waals surface area contributed by atoms with Crippen LogP contribution in [0.15, 0.2) is 69.5 Å². The van der Waals surface area contributed by atoms with Crippen LogP contribution in [0.1, 0.15) is 0 Å². The topological polar surface area (TPSA) is 66.7 Å². The average molecular weight is 268 g/mol. The second-order valence-electron chi connectivity index (χ2n) is 4.24. The number of hydrogen-bond acceptors (Lipinski definition) is 4. The Morgan fingerprint density at radius 2 is 1.00 bits per heavy atom. The molecule has 0 spiro atoms. The van der Waals surface area contributed by atoms with Gasteiger partial charge in [0.25, 0.3) is 11.9 Å². The van der Waals surface area contributed by atoms with Gasteiger partial charge in [0.1, 0.15) is 11.2 Å². The molecule has 2 aromatic heterocycles. The summed E-state index contributed by atoms with van der Waals surface area (Å²) in [6.07, 6.45) is 0. The summed E-state index contributed by atoms with van der Waals surface area (Å²) in [7, 11) is 0. The van der Waals surface area contributed by atoms with E-state index in [0.29, 0.717) is 0 Å². The summed E-state index contributed by atoms with van der Waals surface area (Å²) >= 11 is 0. The van der Waals surface area contributed by atoms with Crippen molar-refractivity contribution in [1.29, 1.82) is 0 Å². The maximum atomic E-state index is 8.89. The lowest BCUT2D eigenvalue weighted by Crippen LogP contribution is -1.57. The summed E-state index contributed by atoms with van der Waals surface area (Å²) in [5.41, 5.74) is 1.44. The summed E-state index contributed by atoms with van der Waals surface area (Å²) in [6, 6.07) is 18.1. The van der Waals surface area contributed by atoms with Crippen LogP contribution in [0.3, 0.4) is 0 Å². The van der Waals surface area contributed by atoms with Crippen molar-refractivity contribution in [3.63, 3.8) is 0 Å². The number of benzene rings is 2. The molecule has 0 aliphatic carbocycles. The number of para-hydroxylation sites is 2. The molecule has 0 atom stereocenters. The van der Waals surface area contributed by atoms with E-state index < -0.39 is 0 Å². The van der Waals surface area contributed by atoms with Crippen LogP contribution in [0.2, 0.25) is 0 Å². The fourth-order valence-electron chi connectivity index (χ4n) is 1.94. The first-order chi connectivity index (χ1) is 9.72. The van der Waals surface area contributed by atoms with Gasteiger partial charge in [-0.05, 0) is 12.1 Å². The molecule has 4 aromatic rings. The smallest absolute Gasteiger partial charge is 0.282 e. The molecule has 0 saturated heterocycles. The van der Waals surface area contributed by atoms with Gasteiger partial charge in [-0.25, -0.2) is 0 Å². The van der Waals surface area contributed by atoms with E-state index in [1.807, 2.05) is 48.5 Å². The van der Waals surface area contributed by atoms with E-state index in [1.54, 1.807) is 12.1 Å². The zero-order valence-electron chi connectivity index (χ0n) is 10.5. The van der Waals surface area contributed by atoms with Crippen molar-refractivity contribution in [3.8, 4) is 11.9 Å². The Hall–Kier alpha value is -2.88. The Bertz CT molecular complexity index is 704. The summed E-state index contributed by atoms with van der Waals surface area (Å²) < 4.78 is 9.85. The first kappa shape index (κ1) is 12.2. The first-order valence-electron chi connectivity index (χ1n) is 6.07.